The normalized spacial score (nSPS) is 17.3. The summed E-state index contributed by atoms with van der Waals surface area (Å²) in [5, 5.41) is 7.45. The number of fused-ring (bicyclic) bond motifs is 6. The molecule has 15 nitrogen and oxygen atoms in total. The predicted octanol–water partition coefficient (Wildman–Crippen LogP) is 8.64. The lowest BCUT2D eigenvalue weighted by Crippen LogP contribution is -2.54. The van der Waals surface area contributed by atoms with E-state index in [0.29, 0.717) is 30.4 Å². The van der Waals surface area contributed by atoms with E-state index < -0.39 is 24.3 Å². The van der Waals surface area contributed by atoms with Crippen LogP contribution >= 0.6 is 0 Å². The molecule has 9 rings (SSSR count). The number of ether oxygens (including phenoxy) is 3. The first-order valence-electron chi connectivity index (χ1n) is 22.2. The fraction of sp³-hybridized carbons (Fsp3) is 0.388. The van der Waals surface area contributed by atoms with Gasteiger partial charge in [0.2, 0.25) is 5.91 Å². The van der Waals surface area contributed by atoms with Crippen molar-refractivity contribution < 1.29 is 33.4 Å². The van der Waals surface area contributed by atoms with Crippen molar-refractivity contribution >= 4 is 45.8 Å². The van der Waals surface area contributed by atoms with Crippen LogP contribution in [0.25, 0.3) is 44.2 Å². The molecular weight excluding hydrogens is 813 g/mol. The topological polar surface area (TPSA) is 184 Å². The van der Waals surface area contributed by atoms with Gasteiger partial charge in [0.1, 0.15) is 36.1 Å². The van der Waals surface area contributed by atoms with Gasteiger partial charge < -0.3 is 44.6 Å². The number of benzene rings is 4. The Hall–Kier alpha value is -6.90. The number of hydrogen-bond donors (Lipinski definition) is 4. The number of nitrogens with one attached hydrogen (secondary N) is 4. The molecule has 1 saturated heterocycles. The van der Waals surface area contributed by atoms with E-state index in [9.17, 15) is 19.2 Å². The van der Waals surface area contributed by atoms with Crippen LogP contribution in [0, 0.1) is 5.92 Å². The maximum Gasteiger partial charge on any atom is 0.407 e. The van der Waals surface area contributed by atoms with Crippen LogP contribution in [0.3, 0.4) is 0 Å². The molecule has 1 aliphatic carbocycles. The third kappa shape index (κ3) is 7.99. The smallest absolute Gasteiger partial charge is 0.407 e. The average molecular weight is 867 g/mol. The zero-order valence-corrected chi connectivity index (χ0v) is 36.8. The molecule has 1 saturated carbocycles. The molecule has 4 N–H and O–H groups in total. The third-order valence-electron chi connectivity index (χ3n) is 13.1. The minimum atomic E-state index is -0.896. The van der Waals surface area contributed by atoms with Crippen molar-refractivity contribution in [1.29, 1.82) is 0 Å². The molecule has 4 heterocycles. The number of imidazole rings is 2. The van der Waals surface area contributed by atoms with Gasteiger partial charge in [0.15, 0.2) is 0 Å². The molecule has 4 atom stereocenters. The van der Waals surface area contributed by atoms with Gasteiger partial charge in [-0.2, -0.15) is 0 Å². The van der Waals surface area contributed by atoms with Crippen molar-refractivity contribution in [2.75, 3.05) is 20.8 Å². The number of rotatable bonds is 11. The van der Waals surface area contributed by atoms with Gasteiger partial charge in [-0.05, 0) is 90.4 Å². The Bertz CT molecular complexity index is 2720. The molecule has 3 aliphatic rings. The third-order valence-corrected chi connectivity index (χ3v) is 13.1. The molecule has 2 aromatic heterocycles. The Kier molecular flexibility index (Phi) is 11.7. The summed E-state index contributed by atoms with van der Waals surface area (Å²) in [4.78, 5) is 73.5. The number of nitrogens with zero attached hydrogens (tertiary/aromatic N) is 4. The number of likely N-dealkylation sites (tertiary alicyclic amines) is 1. The van der Waals surface area contributed by atoms with E-state index in [0.717, 1.165) is 94.0 Å². The molecule has 2 aliphatic heterocycles. The Balaban J connectivity index is 0.966. The van der Waals surface area contributed by atoms with Crippen molar-refractivity contribution in [2.45, 2.75) is 96.1 Å². The van der Waals surface area contributed by atoms with Gasteiger partial charge in [-0.3, -0.25) is 9.59 Å². The van der Waals surface area contributed by atoms with Crippen LogP contribution in [0.4, 0.5) is 9.59 Å². The first-order chi connectivity index (χ1) is 31.0. The number of carbonyl (C=O) groups is 4. The fourth-order valence-corrected chi connectivity index (χ4v) is 9.78. The molecule has 0 bridgehead atoms. The second-order valence-corrected chi connectivity index (χ2v) is 17.4. The number of methoxy groups -OCH3 is 2. The van der Waals surface area contributed by atoms with E-state index in [4.69, 9.17) is 24.2 Å². The monoisotopic (exact) mass is 866 g/mol. The van der Waals surface area contributed by atoms with Crippen molar-refractivity contribution in [2.24, 2.45) is 5.92 Å². The van der Waals surface area contributed by atoms with Gasteiger partial charge in [-0.25, -0.2) is 19.6 Å². The summed E-state index contributed by atoms with van der Waals surface area (Å²) in [6, 6.07) is 21.6. The maximum absolute atomic E-state index is 14.3. The van der Waals surface area contributed by atoms with Crippen molar-refractivity contribution in [3.8, 4) is 28.1 Å². The van der Waals surface area contributed by atoms with Crippen molar-refractivity contribution in [3.05, 3.63) is 102 Å². The van der Waals surface area contributed by atoms with Gasteiger partial charge in [-0.1, -0.05) is 75.2 Å². The predicted molar refractivity (Wildman–Crippen MR) is 241 cm³/mol. The lowest BCUT2D eigenvalue weighted by atomic mass is 9.92. The molecule has 4 unspecified atom stereocenters. The Morgan fingerprint density at radius 1 is 0.859 bits per heavy atom. The SMILES string of the molecule is COC(=O)NC(C(=O)N1CCCC1c1ncc(-c2ccc3c(c2)COc2cc4c(ccc5[nH]c(C(C)N(C(=O)C(NC(=O)OC)C(C)C)C6CCCC6)nc54)cc2-3)[nH]1)c1ccccc1. The van der Waals surface area contributed by atoms with E-state index in [1.165, 1.54) is 14.2 Å². The highest BCUT2D eigenvalue weighted by Crippen LogP contribution is 2.43. The van der Waals surface area contributed by atoms with Crippen LogP contribution in [0.15, 0.2) is 79.0 Å². The highest BCUT2D eigenvalue weighted by atomic mass is 16.5. The highest BCUT2D eigenvalue weighted by molar-refractivity contribution is 6.07. The lowest BCUT2D eigenvalue weighted by Gasteiger charge is -2.37. The second-order valence-electron chi connectivity index (χ2n) is 17.4. The van der Waals surface area contributed by atoms with Crippen LogP contribution in [0.5, 0.6) is 5.75 Å². The summed E-state index contributed by atoms with van der Waals surface area (Å²) in [5.74, 6) is 1.63. The number of hydrogen-bond acceptors (Lipinski definition) is 9. The van der Waals surface area contributed by atoms with Gasteiger partial charge >= 0.3 is 12.2 Å². The van der Waals surface area contributed by atoms with E-state index in [-0.39, 0.29) is 35.9 Å². The van der Waals surface area contributed by atoms with E-state index in [1.807, 2.05) is 62.1 Å². The molecule has 0 spiro atoms. The minimum absolute atomic E-state index is 0.0363. The molecule has 15 heteroatoms. The van der Waals surface area contributed by atoms with Crippen LogP contribution in [0.1, 0.15) is 100 Å². The first kappa shape index (κ1) is 42.4. The molecule has 4 amide bonds. The summed E-state index contributed by atoms with van der Waals surface area (Å²) in [6.07, 6.45) is 5.92. The number of alkyl carbamates (subject to hydrolysis) is 2. The molecule has 332 valence electrons. The average Bonchev–Trinajstić information content (AvgIpc) is 4.17. The zero-order valence-electron chi connectivity index (χ0n) is 36.8. The summed E-state index contributed by atoms with van der Waals surface area (Å²) < 4.78 is 16.2. The molecule has 2 fully saturated rings. The van der Waals surface area contributed by atoms with E-state index >= 15 is 0 Å². The number of amides is 4. The highest BCUT2D eigenvalue weighted by Gasteiger charge is 2.39. The van der Waals surface area contributed by atoms with Crippen molar-refractivity contribution in [1.82, 2.24) is 40.4 Å². The molecule has 6 aromatic rings. The molecule has 64 heavy (non-hydrogen) atoms. The van der Waals surface area contributed by atoms with Crippen LogP contribution in [0.2, 0.25) is 0 Å². The standard InChI is InChI=1S/C49H54N8O7/c1-27(2)41(54-48(60)62-4)47(59)57(33-14-9-10-15-33)28(3)44-51-37-20-18-30-23-36-34-19-17-31(22-32(34)26-64-40(36)24-35(30)43(37)53-44)38-25-50-45(52-38)39-16-11-21-56(39)46(58)42(55-49(61)63-5)29-12-7-6-8-13-29/h6-8,12-13,17-20,22-25,27-28,33,39,41-42H,9-11,14-16,21,26H2,1-5H3,(H,50,52)(H,51,53)(H,54,60)(H,55,61). The first-order valence-corrected chi connectivity index (χ1v) is 22.2. The number of carbonyl (C=O) groups excluding carboxylic acids is 4. The summed E-state index contributed by atoms with van der Waals surface area (Å²) in [7, 11) is 2.58. The van der Waals surface area contributed by atoms with E-state index in [2.05, 4.69) is 57.0 Å². The van der Waals surface area contributed by atoms with Gasteiger partial charge in [-0.15, -0.1) is 0 Å². The zero-order chi connectivity index (χ0) is 44.6. The molecule has 4 aromatic carbocycles. The quantitative estimate of drug-likeness (QED) is 0.0990. The minimum Gasteiger partial charge on any atom is -0.488 e. The van der Waals surface area contributed by atoms with Gasteiger partial charge in [0, 0.05) is 23.5 Å². The molecular formula is C49H54N8O7. The summed E-state index contributed by atoms with van der Waals surface area (Å²) in [6.45, 7) is 6.76. The largest absolute Gasteiger partial charge is 0.488 e. The lowest BCUT2D eigenvalue weighted by molar-refractivity contribution is -0.139. The summed E-state index contributed by atoms with van der Waals surface area (Å²) in [5.41, 5.74) is 7.20. The van der Waals surface area contributed by atoms with E-state index in [1.54, 1.807) is 11.1 Å². The van der Waals surface area contributed by atoms with Crippen LogP contribution < -0.4 is 15.4 Å². The number of aromatic amines is 2. The van der Waals surface area contributed by atoms with Gasteiger partial charge in [0.05, 0.1) is 49.2 Å². The second kappa shape index (κ2) is 17.7. The summed E-state index contributed by atoms with van der Waals surface area (Å²) >= 11 is 0. The fourth-order valence-electron chi connectivity index (χ4n) is 9.78. The van der Waals surface area contributed by atoms with Gasteiger partial charge in [0.25, 0.3) is 5.91 Å². The Labute approximate surface area is 371 Å². The number of aromatic nitrogens is 4. The van der Waals surface area contributed by atoms with Crippen LogP contribution in [-0.2, 0) is 25.7 Å². The maximum atomic E-state index is 14.3. The van der Waals surface area contributed by atoms with Crippen molar-refractivity contribution in [3.63, 3.8) is 0 Å². The number of H-pyrrole nitrogens is 2. The molecule has 0 radical (unpaired) electrons. The Morgan fingerprint density at radius 3 is 2.38 bits per heavy atom. The Morgan fingerprint density at radius 2 is 1.62 bits per heavy atom. The van der Waals surface area contributed by atoms with Crippen LogP contribution in [-0.4, -0.2) is 86.6 Å².